The third kappa shape index (κ3) is 7.12. The van der Waals surface area contributed by atoms with Crippen molar-refractivity contribution in [2.24, 2.45) is 5.92 Å². The van der Waals surface area contributed by atoms with Gasteiger partial charge in [0.15, 0.2) is 6.61 Å². The minimum atomic E-state index is -3.56. The number of sulfonamides is 1. The van der Waals surface area contributed by atoms with Gasteiger partial charge in [0, 0.05) is 16.3 Å². The van der Waals surface area contributed by atoms with Crippen molar-refractivity contribution in [1.29, 1.82) is 0 Å². The lowest BCUT2D eigenvalue weighted by Crippen LogP contribution is -2.27. The van der Waals surface area contributed by atoms with E-state index in [9.17, 15) is 13.2 Å². The number of anilines is 1. The summed E-state index contributed by atoms with van der Waals surface area (Å²) in [6, 6.07) is 23.5. The van der Waals surface area contributed by atoms with Crippen molar-refractivity contribution in [3.8, 4) is 5.75 Å². The fourth-order valence-corrected chi connectivity index (χ4v) is 4.82. The van der Waals surface area contributed by atoms with Crippen molar-refractivity contribution in [3.63, 3.8) is 0 Å². The molecular formula is C24H26N2O4S2. The predicted molar refractivity (Wildman–Crippen MR) is 128 cm³/mol. The Kier molecular flexibility index (Phi) is 8.33. The minimum absolute atomic E-state index is 0.154. The summed E-state index contributed by atoms with van der Waals surface area (Å²) in [5.41, 5.74) is 0.702. The monoisotopic (exact) mass is 470 g/mol. The summed E-state index contributed by atoms with van der Waals surface area (Å²) >= 11 is 1.56. The zero-order valence-corrected chi connectivity index (χ0v) is 19.6. The highest BCUT2D eigenvalue weighted by Crippen LogP contribution is 2.33. The number of rotatable bonds is 10. The molecule has 0 spiro atoms. The van der Waals surface area contributed by atoms with Gasteiger partial charge in [-0.3, -0.25) is 4.79 Å². The largest absolute Gasteiger partial charge is 0.484 e. The summed E-state index contributed by atoms with van der Waals surface area (Å²) in [6.45, 7) is 4.04. The summed E-state index contributed by atoms with van der Waals surface area (Å²) < 4.78 is 32.6. The first-order valence-corrected chi connectivity index (χ1v) is 12.5. The van der Waals surface area contributed by atoms with Crippen LogP contribution in [0.25, 0.3) is 0 Å². The molecule has 0 aliphatic carbocycles. The van der Waals surface area contributed by atoms with E-state index < -0.39 is 10.0 Å². The summed E-state index contributed by atoms with van der Waals surface area (Å²) in [5.74, 6) is 0.318. The van der Waals surface area contributed by atoms with Gasteiger partial charge in [-0.05, 0) is 54.4 Å². The molecule has 0 bridgehead atoms. The van der Waals surface area contributed by atoms with Crippen LogP contribution in [0.4, 0.5) is 5.69 Å². The quantitative estimate of drug-likeness (QED) is 0.445. The lowest BCUT2D eigenvalue weighted by Gasteiger charge is -2.12. The van der Waals surface area contributed by atoms with E-state index in [4.69, 9.17) is 4.74 Å². The number of carbonyl (C=O) groups excluding carboxylic acids is 1. The number of carbonyl (C=O) groups is 1. The van der Waals surface area contributed by atoms with E-state index in [0.717, 1.165) is 9.79 Å². The first-order chi connectivity index (χ1) is 15.3. The predicted octanol–water partition coefficient (Wildman–Crippen LogP) is 4.79. The normalized spacial score (nSPS) is 11.3. The highest BCUT2D eigenvalue weighted by atomic mass is 32.2. The maximum atomic E-state index is 12.4. The van der Waals surface area contributed by atoms with Crippen LogP contribution in [0, 0.1) is 5.92 Å². The number of benzene rings is 3. The van der Waals surface area contributed by atoms with Gasteiger partial charge in [0.2, 0.25) is 10.0 Å². The van der Waals surface area contributed by atoms with Crippen LogP contribution in [0.2, 0.25) is 0 Å². The van der Waals surface area contributed by atoms with E-state index in [0.29, 0.717) is 18.0 Å². The molecule has 0 aliphatic heterocycles. The standard InChI is InChI=1S/C24H26N2O4S2/c1-18(2)16-25-32(28,29)21-14-12-19(13-15-21)30-17-24(27)26-22-10-6-7-11-23(22)31-20-8-4-3-5-9-20/h3-15,18,25H,16-17H2,1-2H3,(H,26,27). The Bertz CT molecular complexity index is 1130. The van der Waals surface area contributed by atoms with E-state index in [1.165, 1.54) is 24.3 Å². The summed E-state index contributed by atoms with van der Waals surface area (Å²) in [6.07, 6.45) is 0. The van der Waals surface area contributed by atoms with Gasteiger partial charge in [-0.15, -0.1) is 0 Å². The summed E-state index contributed by atoms with van der Waals surface area (Å²) in [4.78, 5) is 14.6. The Labute approximate surface area is 193 Å². The van der Waals surface area contributed by atoms with Crippen LogP contribution in [0.15, 0.2) is 93.5 Å². The molecule has 8 heteroatoms. The van der Waals surface area contributed by atoms with Crippen molar-refractivity contribution >= 4 is 33.4 Å². The molecule has 0 saturated heterocycles. The SMILES string of the molecule is CC(C)CNS(=O)(=O)c1ccc(OCC(=O)Nc2ccccc2Sc2ccccc2)cc1. The van der Waals surface area contributed by atoms with E-state index in [2.05, 4.69) is 10.0 Å². The third-order valence-corrected chi connectivity index (χ3v) is 6.84. The second-order valence-corrected chi connectivity index (χ2v) is 10.3. The van der Waals surface area contributed by atoms with Crippen LogP contribution >= 0.6 is 11.8 Å². The minimum Gasteiger partial charge on any atom is -0.484 e. The van der Waals surface area contributed by atoms with Gasteiger partial charge in [0.25, 0.3) is 5.91 Å². The number of para-hydroxylation sites is 1. The van der Waals surface area contributed by atoms with E-state index in [1.54, 1.807) is 11.8 Å². The van der Waals surface area contributed by atoms with Gasteiger partial charge in [-0.25, -0.2) is 13.1 Å². The Hall–Kier alpha value is -2.81. The molecule has 0 radical (unpaired) electrons. The Morgan fingerprint density at radius 3 is 2.28 bits per heavy atom. The molecule has 3 aromatic carbocycles. The lowest BCUT2D eigenvalue weighted by atomic mass is 10.2. The molecule has 0 saturated carbocycles. The molecule has 0 heterocycles. The van der Waals surface area contributed by atoms with Crippen LogP contribution < -0.4 is 14.8 Å². The second-order valence-electron chi connectivity index (χ2n) is 7.47. The first-order valence-electron chi connectivity index (χ1n) is 10.2. The molecule has 32 heavy (non-hydrogen) atoms. The molecule has 0 atom stereocenters. The average Bonchev–Trinajstić information content (AvgIpc) is 2.79. The van der Waals surface area contributed by atoms with Crippen LogP contribution in [0.5, 0.6) is 5.75 Å². The van der Waals surface area contributed by atoms with Crippen LogP contribution in [-0.2, 0) is 14.8 Å². The summed E-state index contributed by atoms with van der Waals surface area (Å²) in [5, 5.41) is 2.87. The molecule has 0 aliphatic rings. The van der Waals surface area contributed by atoms with Gasteiger partial charge < -0.3 is 10.1 Å². The molecule has 2 N–H and O–H groups in total. The fourth-order valence-electron chi connectivity index (χ4n) is 2.68. The molecule has 6 nitrogen and oxygen atoms in total. The van der Waals surface area contributed by atoms with E-state index in [1.807, 2.05) is 68.4 Å². The zero-order valence-electron chi connectivity index (χ0n) is 17.9. The van der Waals surface area contributed by atoms with Crippen molar-refractivity contribution in [2.75, 3.05) is 18.5 Å². The van der Waals surface area contributed by atoms with Gasteiger partial charge in [-0.2, -0.15) is 0 Å². The number of ether oxygens (including phenoxy) is 1. The maximum absolute atomic E-state index is 12.4. The van der Waals surface area contributed by atoms with Crippen molar-refractivity contribution < 1.29 is 17.9 Å². The fraction of sp³-hybridized carbons (Fsp3) is 0.208. The molecular weight excluding hydrogens is 444 g/mol. The lowest BCUT2D eigenvalue weighted by molar-refractivity contribution is -0.118. The second kappa shape index (κ2) is 11.2. The van der Waals surface area contributed by atoms with Gasteiger partial charge >= 0.3 is 0 Å². The zero-order chi connectivity index (χ0) is 23.0. The van der Waals surface area contributed by atoms with Crippen molar-refractivity contribution in [2.45, 2.75) is 28.5 Å². The van der Waals surface area contributed by atoms with Gasteiger partial charge in [0.05, 0.1) is 10.6 Å². The molecule has 3 aromatic rings. The maximum Gasteiger partial charge on any atom is 0.262 e. The molecule has 168 valence electrons. The number of nitrogens with one attached hydrogen (secondary N) is 2. The highest BCUT2D eigenvalue weighted by Gasteiger charge is 2.14. The number of hydrogen-bond acceptors (Lipinski definition) is 5. The molecule has 0 aromatic heterocycles. The Morgan fingerprint density at radius 1 is 0.938 bits per heavy atom. The van der Waals surface area contributed by atoms with Crippen LogP contribution in [-0.4, -0.2) is 27.5 Å². The third-order valence-electron chi connectivity index (χ3n) is 4.32. The van der Waals surface area contributed by atoms with Crippen LogP contribution in [0.3, 0.4) is 0 Å². The first kappa shape index (κ1) is 23.8. The Balaban J connectivity index is 1.57. The molecule has 0 unspecified atom stereocenters. The highest BCUT2D eigenvalue weighted by molar-refractivity contribution is 7.99. The van der Waals surface area contributed by atoms with Crippen molar-refractivity contribution in [1.82, 2.24) is 4.72 Å². The van der Waals surface area contributed by atoms with Gasteiger partial charge in [0.1, 0.15) is 5.75 Å². The topological polar surface area (TPSA) is 84.5 Å². The Morgan fingerprint density at radius 2 is 1.59 bits per heavy atom. The van der Waals surface area contributed by atoms with E-state index in [-0.39, 0.29) is 23.3 Å². The average molecular weight is 471 g/mol. The summed E-state index contributed by atoms with van der Waals surface area (Å²) in [7, 11) is -3.56. The number of hydrogen-bond donors (Lipinski definition) is 2. The number of amides is 1. The molecule has 1 amide bonds. The molecule has 0 fully saturated rings. The molecule has 3 rings (SSSR count). The van der Waals surface area contributed by atoms with Gasteiger partial charge in [-0.1, -0.05) is 55.9 Å². The smallest absolute Gasteiger partial charge is 0.262 e. The van der Waals surface area contributed by atoms with Crippen molar-refractivity contribution in [3.05, 3.63) is 78.9 Å². The van der Waals surface area contributed by atoms with E-state index >= 15 is 0 Å². The van der Waals surface area contributed by atoms with Crippen LogP contribution in [0.1, 0.15) is 13.8 Å².